The van der Waals surface area contributed by atoms with Crippen LogP contribution in [0.2, 0.25) is 0 Å². The van der Waals surface area contributed by atoms with E-state index in [1.54, 1.807) is 0 Å². The minimum absolute atomic E-state index is 0.0428. The molecule has 4 aliphatic carbocycles. The Morgan fingerprint density at radius 1 is 1.12 bits per heavy atom. The van der Waals surface area contributed by atoms with Crippen LogP contribution in [0.15, 0.2) is 4.99 Å². The van der Waals surface area contributed by atoms with Crippen molar-refractivity contribution in [1.29, 1.82) is 0 Å². The number of hydrogen-bond donors (Lipinski definition) is 0. The van der Waals surface area contributed by atoms with Gasteiger partial charge in [-0.25, -0.2) is 9.79 Å². The zero-order valence-corrected chi connectivity index (χ0v) is 9.61. The van der Waals surface area contributed by atoms with Crippen molar-refractivity contribution in [3.63, 3.8) is 0 Å². The first-order chi connectivity index (χ1) is 7.68. The minimum Gasteiger partial charge on any atom is -0.410 e. The molecule has 5 aliphatic rings. The molecule has 0 aromatic rings. The third kappa shape index (κ3) is 0.910. The molecule has 1 heterocycles. The van der Waals surface area contributed by atoms with E-state index in [4.69, 9.17) is 4.74 Å². The zero-order chi connectivity index (χ0) is 10.9. The van der Waals surface area contributed by atoms with E-state index >= 15 is 0 Å². The average molecular weight is 219 g/mol. The summed E-state index contributed by atoms with van der Waals surface area (Å²) in [6, 6.07) is 0. The molecule has 5 rings (SSSR count). The topological polar surface area (TPSA) is 38.7 Å². The van der Waals surface area contributed by atoms with E-state index < -0.39 is 5.54 Å². The van der Waals surface area contributed by atoms with Crippen LogP contribution in [0.3, 0.4) is 0 Å². The van der Waals surface area contributed by atoms with E-state index in [2.05, 4.69) is 4.99 Å². The molecule has 16 heavy (non-hydrogen) atoms. The number of aliphatic imine (C=N–C) groups is 1. The number of carbonyl (C=O) groups excluding carboxylic acids is 1. The molecule has 4 bridgehead atoms. The fraction of sp³-hybridized carbons (Fsp3) is 0.846. The summed E-state index contributed by atoms with van der Waals surface area (Å²) in [6.45, 7) is 1.82. The third-order valence-electron chi connectivity index (χ3n) is 5.29. The van der Waals surface area contributed by atoms with Crippen molar-refractivity contribution in [3.8, 4) is 0 Å². The molecule has 4 fully saturated rings. The van der Waals surface area contributed by atoms with Gasteiger partial charge in [0.15, 0.2) is 11.4 Å². The molecule has 0 atom stereocenters. The summed E-state index contributed by atoms with van der Waals surface area (Å²) in [5.74, 6) is 3.26. The maximum atomic E-state index is 12.2. The van der Waals surface area contributed by atoms with E-state index in [1.165, 1.54) is 32.1 Å². The van der Waals surface area contributed by atoms with Gasteiger partial charge in [-0.3, -0.25) is 0 Å². The fourth-order valence-corrected chi connectivity index (χ4v) is 4.96. The second-order valence-corrected chi connectivity index (χ2v) is 6.15. The van der Waals surface area contributed by atoms with Crippen molar-refractivity contribution in [2.24, 2.45) is 28.7 Å². The molecule has 0 aromatic carbocycles. The molecular weight excluding hydrogens is 202 g/mol. The summed E-state index contributed by atoms with van der Waals surface area (Å²) in [5.41, 5.74) is -0.447. The first kappa shape index (κ1) is 9.20. The highest BCUT2D eigenvalue weighted by Crippen LogP contribution is 2.60. The van der Waals surface area contributed by atoms with Crippen LogP contribution in [0.1, 0.15) is 39.0 Å². The van der Waals surface area contributed by atoms with Crippen molar-refractivity contribution in [2.45, 2.75) is 44.6 Å². The van der Waals surface area contributed by atoms with Crippen LogP contribution in [-0.2, 0) is 9.53 Å². The number of rotatable bonds is 0. The number of nitrogens with zero attached hydrogens (tertiary/aromatic N) is 1. The summed E-state index contributed by atoms with van der Waals surface area (Å²) in [7, 11) is 0. The third-order valence-corrected chi connectivity index (χ3v) is 5.29. The van der Waals surface area contributed by atoms with E-state index in [1.807, 2.05) is 6.92 Å². The van der Waals surface area contributed by atoms with Gasteiger partial charge in [-0.1, -0.05) is 0 Å². The summed E-state index contributed by atoms with van der Waals surface area (Å²) >= 11 is 0. The molecule has 0 amide bonds. The highest BCUT2D eigenvalue weighted by atomic mass is 16.6. The number of hydrogen-bond acceptors (Lipinski definition) is 3. The molecule has 86 valence electrons. The molecule has 0 radical (unpaired) electrons. The average Bonchev–Trinajstić information content (AvgIpc) is 2.50. The molecular formula is C13H17NO2. The van der Waals surface area contributed by atoms with E-state index in [0.29, 0.717) is 17.7 Å². The number of cyclic esters (lactones) is 1. The van der Waals surface area contributed by atoms with Crippen LogP contribution in [0.25, 0.3) is 0 Å². The normalized spacial score (nSPS) is 53.3. The van der Waals surface area contributed by atoms with Crippen molar-refractivity contribution < 1.29 is 9.53 Å². The second kappa shape index (κ2) is 2.69. The van der Waals surface area contributed by atoms with Gasteiger partial charge in [-0.05, 0) is 55.8 Å². The Kier molecular flexibility index (Phi) is 1.55. The van der Waals surface area contributed by atoms with Gasteiger partial charge in [0.25, 0.3) is 0 Å². The zero-order valence-electron chi connectivity index (χ0n) is 9.61. The molecule has 0 saturated heterocycles. The van der Waals surface area contributed by atoms with Gasteiger partial charge in [0, 0.05) is 6.92 Å². The van der Waals surface area contributed by atoms with Crippen molar-refractivity contribution in [3.05, 3.63) is 0 Å². The summed E-state index contributed by atoms with van der Waals surface area (Å²) in [5, 5.41) is 0. The SMILES string of the molecule is CC1=NC2(C(=O)O1)C1CC3CC(C1)CC2C3. The number of ether oxygens (including phenoxy) is 1. The summed E-state index contributed by atoms with van der Waals surface area (Å²) < 4.78 is 5.25. The van der Waals surface area contributed by atoms with Crippen LogP contribution in [0.4, 0.5) is 0 Å². The van der Waals surface area contributed by atoms with Gasteiger partial charge in [0.2, 0.25) is 0 Å². The Labute approximate surface area is 95.3 Å². The predicted octanol–water partition coefficient (Wildman–Crippen LogP) is 2.16. The van der Waals surface area contributed by atoms with Crippen LogP contribution in [0.5, 0.6) is 0 Å². The van der Waals surface area contributed by atoms with Crippen LogP contribution in [-0.4, -0.2) is 17.4 Å². The quantitative estimate of drug-likeness (QED) is 0.585. The van der Waals surface area contributed by atoms with Gasteiger partial charge in [0.1, 0.15) is 0 Å². The number of carbonyl (C=O) groups is 1. The van der Waals surface area contributed by atoms with E-state index in [0.717, 1.165) is 11.8 Å². The molecule has 0 unspecified atom stereocenters. The molecule has 4 saturated carbocycles. The maximum absolute atomic E-state index is 12.2. The van der Waals surface area contributed by atoms with Crippen molar-refractivity contribution in [2.75, 3.05) is 0 Å². The van der Waals surface area contributed by atoms with Gasteiger partial charge < -0.3 is 4.74 Å². The lowest BCUT2D eigenvalue weighted by Gasteiger charge is -2.56. The largest absolute Gasteiger partial charge is 0.410 e. The lowest BCUT2D eigenvalue weighted by molar-refractivity contribution is -0.153. The Morgan fingerprint density at radius 3 is 2.12 bits per heavy atom. The fourth-order valence-electron chi connectivity index (χ4n) is 4.96. The van der Waals surface area contributed by atoms with Crippen molar-refractivity contribution in [1.82, 2.24) is 0 Å². The van der Waals surface area contributed by atoms with Gasteiger partial charge in [-0.15, -0.1) is 0 Å². The molecule has 0 N–H and O–H groups in total. The highest BCUT2D eigenvalue weighted by Gasteiger charge is 2.64. The van der Waals surface area contributed by atoms with Gasteiger partial charge in [-0.2, -0.15) is 0 Å². The monoisotopic (exact) mass is 219 g/mol. The molecule has 3 nitrogen and oxygen atoms in total. The lowest BCUT2D eigenvalue weighted by Crippen LogP contribution is -2.59. The summed E-state index contributed by atoms with van der Waals surface area (Å²) in [4.78, 5) is 16.8. The lowest BCUT2D eigenvalue weighted by atomic mass is 9.49. The van der Waals surface area contributed by atoms with Crippen LogP contribution in [0, 0.1) is 23.7 Å². The van der Waals surface area contributed by atoms with Gasteiger partial charge in [0.05, 0.1) is 0 Å². The summed E-state index contributed by atoms with van der Waals surface area (Å²) in [6.07, 6.45) is 6.23. The number of esters is 1. The van der Waals surface area contributed by atoms with Crippen molar-refractivity contribution >= 4 is 11.9 Å². The van der Waals surface area contributed by atoms with Crippen LogP contribution < -0.4 is 0 Å². The maximum Gasteiger partial charge on any atom is 0.341 e. The molecule has 1 aliphatic heterocycles. The Hall–Kier alpha value is -0.860. The smallest absolute Gasteiger partial charge is 0.341 e. The Morgan fingerprint density at radius 2 is 1.69 bits per heavy atom. The Bertz CT molecular complexity index is 371. The highest BCUT2D eigenvalue weighted by molar-refractivity contribution is 5.99. The van der Waals surface area contributed by atoms with E-state index in [-0.39, 0.29) is 5.97 Å². The van der Waals surface area contributed by atoms with E-state index in [9.17, 15) is 4.79 Å². The Balaban J connectivity index is 1.82. The van der Waals surface area contributed by atoms with Crippen LogP contribution >= 0.6 is 0 Å². The standard InChI is InChI=1S/C13H17NO2/c1-7-14-13(12(15)16-7)10-3-8-2-9(5-10)6-11(13)4-8/h8-11H,2-6H2,1H3. The first-order valence-corrected chi connectivity index (χ1v) is 6.47. The predicted molar refractivity (Wildman–Crippen MR) is 59.0 cm³/mol. The first-order valence-electron chi connectivity index (χ1n) is 6.47. The molecule has 0 aromatic heterocycles. The van der Waals surface area contributed by atoms with Gasteiger partial charge >= 0.3 is 5.97 Å². The second-order valence-electron chi connectivity index (χ2n) is 6.15. The minimum atomic E-state index is -0.447. The molecule has 1 spiro atoms. The molecule has 3 heteroatoms.